The SMILES string of the molecule is CC(=O)c1ccccc1OCCn1ccnc1C. The quantitative estimate of drug-likeness (QED) is 0.759. The number of carbonyl (C=O) groups excluding carboxylic acids is 1. The van der Waals surface area contributed by atoms with Crippen molar-refractivity contribution in [3.63, 3.8) is 0 Å². The average molecular weight is 244 g/mol. The van der Waals surface area contributed by atoms with Crippen molar-refractivity contribution in [3.05, 3.63) is 48.0 Å². The summed E-state index contributed by atoms with van der Waals surface area (Å²) in [4.78, 5) is 15.6. The van der Waals surface area contributed by atoms with E-state index in [4.69, 9.17) is 4.74 Å². The second kappa shape index (κ2) is 5.49. The van der Waals surface area contributed by atoms with Crippen LogP contribution in [0.4, 0.5) is 0 Å². The van der Waals surface area contributed by atoms with Crippen LogP contribution in [-0.2, 0) is 6.54 Å². The second-order valence-electron chi connectivity index (χ2n) is 4.07. The predicted molar refractivity (Wildman–Crippen MR) is 68.9 cm³/mol. The van der Waals surface area contributed by atoms with Crippen LogP contribution in [0.15, 0.2) is 36.7 Å². The summed E-state index contributed by atoms with van der Waals surface area (Å²) in [5.74, 6) is 1.62. The van der Waals surface area contributed by atoms with Crippen LogP contribution in [0.3, 0.4) is 0 Å². The van der Waals surface area contributed by atoms with Crippen LogP contribution in [0.2, 0.25) is 0 Å². The summed E-state index contributed by atoms with van der Waals surface area (Å²) in [5.41, 5.74) is 0.625. The first kappa shape index (κ1) is 12.4. The van der Waals surface area contributed by atoms with E-state index in [-0.39, 0.29) is 5.78 Å². The molecule has 4 nitrogen and oxygen atoms in total. The van der Waals surface area contributed by atoms with Crippen LogP contribution < -0.4 is 4.74 Å². The molecule has 1 aromatic carbocycles. The first-order valence-corrected chi connectivity index (χ1v) is 5.89. The van der Waals surface area contributed by atoms with E-state index >= 15 is 0 Å². The largest absolute Gasteiger partial charge is 0.491 e. The number of rotatable bonds is 5. The molecule has 1 aromatic heterocycles. The monoisotopic (exact) mass is 244 g/mol. The Bertz CT molecular complexity index is 546. The third kappa shape index (κ3) is 2.77. The van der Waals surface area contributed by atoms with Crippen molar-refractivity contribution in [1.82, 2.24) is 9.55 Å². The fourth-order valence-corrected chi connectivity index (χ4v) is 1.78. The molecule has 0 atom stereocenters. The highest BCUT2D eigenvalue weighted by Gasteiger charge is 2.07. The van der Waals surface area contributed by atoms with Crippen molar-refractivity contribution in [1.29, 1.82) is 0 Å². The highest BCUT2D eigenvalue weighted by molar-refractivity contribution is 5.96. The van der Waals surface area contributed by atoms with Gasteiger partial charge in [-0.25, -0.2) is 4.98 Å². The lowest BCUT2D eigenvalue weighted by atomic mass is 10.1. The van der Waals surface area contributed by atoms with E-state index in [2.05, 4.69) is 4.98 Å². The second-order valence-corrected chi connectivity index (χ2v) is 4.07. The standard InChI is InChI=1S/C14H16N2O2/c1-11(17)13-5-3-4-6-14(13)18-10-9-16-8-7-15-12(16)2/h3-8H,9-10H2,1-2H3. The molecule has 0 fully saturated rings. The normalized spacial score (nSPS) is 10.3. The van der Waals surface area contributed by atoms with E-state index in [9.17, 15) is 4.79 Å². The van der Waals surface area contributed by atoms with Gasteiger partial charge in [0.25, 0.3) is 0 Å². The average Bonchev–Trinajstić information content (AvgIpc) is 2.76. The zero-order chi connectivity index (χ0) is 13.0. The van der Waals surface area contributed by atoms with Crippen molar-refractivity contribution in [2.75, 3.05) is 6.61 Å². The summed E-state index contributed by atoms with van der Waals surface area (Å²) in [6.07, 6.45) is 3.68. The van der Waals surface area contributed by atoms with Crippen LogP contribution in [0.1, 0.15) is 23.1 Å². The predicted octanol–water partition coefficient (Wildman–Crippen LogP) is 2.47. The third-order valence-electron chi connectivity index (χ3n) is 2.78. The van der Waals surface area contributed by atoms with Crippen LogP contribution in [0.25, 0.3) is 0 Å². The number of hydrogen-bond donors (Lipinski definition) is 0. The fourth-order valence-electron chi connectivity index (χ4n) is 1.78. The van der Waals surface area contributed by atoms with Crippen LogP contribution >= 0.6 is 0 Å². The Labute approximate surface area is 106 Å². The topological polar surface area (TPSA) is 44.1 Å². The molecule has 0 amide bonds. The highest BCUT2D eigenvalue weighted by Crippen LogP contribution is 2.18. The Kier molecular flexibility index (Phi) is 3.77. The minimum Gasteiger partial charge on any atom is -0.491 e. The van der Waals surface area contributed by atoms with Crippen molar-refractivity contribution in [3.8, 4) is 5.75 Å². The van der Waals surface area contributed by atoms with Gasteiger partial charge in [-0.15, -0.1) is 0 Å². The number of ether oxygens (including phenoxy) is 1. The van der Waals surface area contributed by atoms with Gasteiger partial charge in [0.15, 0.2) is 5.78 Å². The lowest BCUT2D eigenvalue weighted by molar-refractivity contribution is 0.101. The van der Waals surface area contributed by atoms with Gasteiger partial charge in [0.1, 0.15) is 18.2 Å². The van der Waals surface area contributed by atoms with Gasteiger partial charge in [-0.3, -0.25) is 4.79 Å². The number of para-hydroxylation sites is 1. The first-order valence-electron chi connectivity index (χ1n) is 5.89. The van der Waals surface area contributed by atoms with E-state index in [0.717, 1.165) is 12.4 Å². The Morgan fingerprint density at radius 1 is 1.39 bits per heavy atom. The molecule has 0 radical (unpaired) electrons. The third-order valence-corrected chi connectivity index (χ3v) is 2.78. The van der Waals surface area contributed by atoms with Gasteiger partial charge in [0.2, 0.25) is 0 Å². The molecule has 0 aliphatic heterocycles. The zero-order valence-corrected chi connectivity index (χ0v) is 10.6. The van der Waals surface area contributed by atoms with E-state index in [1.165, 1.54) is 0 Å². The molecule has 2 aromatic rings. The summed E-state index contributed by atoms with van der Waals surface area (Å²) >= 11 is 0. The Morgan fingerprint density at radius 2 is 2.17 bits per heavy atom. The number of benzene rings is 1. The van der Waals surface area contributed by atoms with Gasteiger partial charge in [-0.1, -0.05) is 12.1 Å². The summed E-state index contributed by atoms with van der Waals surface area (Å²) in [5, 5.41) is 0. The number of aromatic nitrogens is 2. The molecule has 0 aliphatic carbocycles. The Hall–Kier alpha value is -2.10. The molecule has 2 rings (SSSR count). The highest BCUT2D eigenvalue weighted by atomic mass is 16.5. The van der Waals surface area contributed by atoms with Crippen molar-refractivity contribution < 1.29 is 9.53 Å². The number of carbonyl (C=O) groups is 1. The van der Waals surface area contributed by atoms with Gasteiger partial charge in [-0.2, -0.15) is 0 Å². The van der Waals surface area contributed by atoms with Gasteiger partial charge in [0, 0.05) is 12.4 Å². The molecule has 0 unspecified atom stereocenters. The van der Waals surface area contributed by atoms with E-state index in [1.54, 1.807) is 19.2 Å². The Morgan fingerprint density at radius 3 is 2.83 bits per heavy atom. The minimum atomic E-state index is 0.0180. The molecule has 18 heavy (non-hydrogen) atoms. The minimum absolute atomic E-state index is 0.0180. The van der Waals surface area contributed by atoms with E-state index in [0.29, 0.717) is 17.9 Å². The Balaban J connectivity index is 1.99. The van der Waals surface area contributed by atoms with Crippen LogP contribution in [-0.4, -0.2) is 21.9 Å². The number of hydrogen-bond acceptors (Lipinski definition) is 3. The molecule has 0 spiro atoms. The van der Waals surface area contributed by atoms with E-state index < -0.39 is 0 Å². The van der Waals surface area contributed by atoms with Gasteiger partial charge in [-0.05, 0) is 26.0 Å². The maximum absolute atomic E-state index is 11.4. The number of imidazole rings is 1. The molecule has 0 bridgehead atoms. The molecular weight excluding hydrogens is 228 g/mol. The molecular formula is C14H16N2O2. The number of Topliss-reactive ketones (excluding diaryl/α,β-unsaturated/α-hetero) is 1. The molecule has 0 N–H and O–H groups in total. The molecule has 0 aliphatic rings. The maximum Gasteiger partial charge on any atom is 0.163 e. The van der Waals surface area contributed by atoms with Crippen LogP contribution in [0, 0.1) is 6.92 Å². The number of ketones is 1. The lowest BCUT2D eigenvalue weighted by Crippen LogP contribution is -2.10. The number of nitrogens with zero attached hydrogens (tertiary/aromatic N) is 2. The fraction of sp³-hybridized carbons (Fsp3) is 0.286. The smallest absolute Gasteiger partial charge is 0.163 e. The van der Waals surface area contributed by atoms with Crippen molar-refractivity contribution >= 4 is 5.78 Å². The molecule has 94 valence electrons. The van der Waals surface area contributed by atoms with Crippen molar-refractivity contribution in [2.45, 2.75) is 20.4 Å². The maximum atomic E-state index is 11.4. The summed E-state index contributed by atoms with van der Waals surface area (Å²) < 4.78 is 7.67. The zero-order valence-electron chi connectivity index (χ0n) is 10.6. The first-order chi connectivity index (χ1) is 8.68. The molecule has 4 heteroatoms. The lowest BCUT2D eigenvalue weighted by Gasteiger charge is -2.10. The number of aryl methyl sites for hydroxylation is 1. The summed E-state index contributed by atoms with van der Waals surface area (Å²) in [6.45, 7) is 4.73. The van der Waals surface area contributed by atoms with Gasteiger partial charge in [0.05, 0.1) is 12.1 Å². The van der Waals surface area contributed by atoms with E-state index in [1.807, 2.05) is 35.9 Å². The summed E-state index contributed by atoms with van der Waals surface area (Å²) in [6, 6.07) is 7.30. The summed E-state index contributed by atoms with van der Waals surface area (Å²) in [7, 11) is 0. The molecule has 1 heterocycles. The van der Waals surface area contributed by atoms with Gasteiger partial charge >= 0.3 is 0 Å². The van der Waals surface area contributed by atoms with Gasteiger partial charge < -0.3 is 9.30 Å². The van der Waals surface area contributed by atoms with Crippen molar-refractivity contribution in [2.24, 2.45) is 0 Å². The van der Waals surface area contributed by atoms with Crippen LogP contribution in [0.5, 0.6) is 5.75 Å². The molecule has 0 saturated heterocycles. The molecule has 0 saturated carbocycles.